The maximum absolute atomic E-state index is 13.1. The van der Waals surface area contributed by atoms with E-state index in [4.69, 9.17) is 9.31 Å². The Morgan fingerprint density at radius 1 is 1.10 bits per heavy atom. The molecule has 4 nitrogen and oxygen atoms in total. The fraction of sp³-hybridized carbons (Fsp3) is 0.667. The van der Waals surface area contributed by atoms with E-state index in [1.54, 1.807) is 26.0 Å². The van der Waals surface area contributed by atoms with Crippen LogP contribution in [-0.4, -0.2) is 36.9 Å². The minimum atomic E-state index is -4.45. The van der Waals surface area contributed by atoms with Crippen LogP contribution >= 0.6 is 0 Å². The van der Waals surface area contributed by atoms with Gasteiger partial charge in [0.1, 0.15) is 6.54 Å². The second-order valence-corrected chi connectivity index (χ2v) is 10.0. The van der Waals surface area contributed by atoms with Crippen molar-refractivity contribution in [1.82, 2.24) is 0 Å². The first-order valence-corrected chi connectivity index (χ1v) is 10.0. The Morgan fingerprint density at radius 3 is 2.24 bits per heavy atom. The van der Waals surface area contributed by atoms with Crippen molar-refractivity contribution in [2.45, 2.75) is 82.5 Å². The standard InChI is InChI=1S/C21H27BF3NO3/c1-18(2)14-8-7-12(9-16(14)26(17(18)27)11-21(23,24)25)13-10-15(13)22-28-19(3,4)20(5,6)29-22/h7-9,13,15H,10-11H2,1-6H3/t13-,15?/m1/s1. The molecular formula is C21H27BF3NO3. The summed E-state index contributed by atoms with van der Waals surface area (Å²) in [5.41, 5.74) is 0.151. The number of hydrogen-bond acceptors (Lipinski definition) is 3. The van der Waals surface area contributed by atoms with Crippen molar-refractivity contribution < 1.29 is 27.3 Å². The molecule has 2 atom stereocenters. The van der Waals surface area contributed by atoms with E-state index >= 15 is 0 Å². The molecule has 0 aromatic heterocycles. The summed E-state index contributed by atoms with van der Waals surface area (Å²) < 4.78 is 51.5. The maximum atomic E-state index is 13.1. The molecule has 158 valence electrons. The first kappa shape index (κ1) is 20.7. The summed E-state index contributed by atoms with van der Waals surface area (Å²) in [6, 6.07) is 5.49. The van der Waals surface area contributed by atoms with E-state index in [-0.39, 0.29) is 18.9 Å². The fourth-order valence-corrected chi connectivity index (χ4v) is 4.39. The third kappa shape index (κ3) is 3.28. The normalized spacial score (nSPS) is 29.3. The Bertz CT molecular complexity index is 849. The minimum absolute atomic E-state index is 0.154. The van der Waals surface area contributed by atoms with Crippen LogP contribution in [0.4, 0.5) is 18.9 Å². The molecule has 0 radical (unpaired) electrons. The molecule has 0 bridgehead atoms. The van der Waals surface area contributed by atoms with Gasteiger partial charge >= 0.3 is 13.3 Å². The maximum Gasteiger partial charge on any atom is 0.461 e. The molecule has 1 saturated heterocycles. The number of amides is 1. The molecule has 3 aliphatic rings. The summed E-state index contributed by atoms with van der Waals surface area (Å²) in [5.74, 6) is -0.197. The van der Waals surface area contributed by atoms with Gasteiger partial charge in [-0.25, -0.2) is 0 Å². The zero-order valence-electron chi connectivity index (χ0n) is 17.7. The lowest BCUT2D eigenvalue weighted by atomic mass is 9.79. The fourth-order valence-electron chi connectivity index (χ4n) is 4.39. The van der Waals surface area contributed by atoms with Gasteiger partial charge in [-0.3, -0.25) is 4.79 Å². The largest absolute Gasteiger partial charge is 0.461 e. The van der Waals surface area contributed by atoms with Crippen LogP contribution in [-0.2, 0) is 19.5 Å². The first-order valence-electron chi connectivity index (χ1n) is 10.0. The second-order valence-electron chi connectivity index (χ2n) is 10.0. The van der Waals surface area contributed by atoms with Gasteiger partial charge in [0, 0.05) is 11.5 Å². The topological polar surface area (TPSA) is 38.8 Å². The number of nitrogens with zero attached hydrogens (tertiary/aromatic N) is 1. The lowest BCUT2D eigenvalue weighted by Gasteiger charge is -2.32. The number of benzene rings is 1. The van der Waals surface area contributed by atoms with Gasteiger partial charge in [-0.2, -0.15) is 13.2 Å². The van der Waals surface area contributed by atoms with E-state index in [9.17, 15) is 18.0 Å². The molecule has 1 aliphatic carbocycles. The third-order valence-electron chi connectivity index (χ3n) is 6.99. The monoisotopic (exact) mass is 409 g/mol. The summed E-state index contributed by atoms with van der Waals surface area (Å²) in [6.07, 6.45) is -3.60. The molecule has 0 spiro atoms. The molecule has 1 saturated carbocycles. The smallest absolute Gasteiger partial charge is 0.403 e. The van der Waals surface area contributed by atoms with Gasteiger partial charge in [-0.05, 0) is 71.1 Å². The molecule has 4 rings (SSSR count). The molecule has 1 aromatic carbocycles. The Hall–Kier alpha value is -1.54. The molecule has 1 amide bonds. The number of alkyl halides is 3. The molecule has 2 fully saturated rings. The summed E-state index contributed by atoms with van der Waals surface area (Å²) >= 11 is 0. The van der Waals surface area contributed by atoms with Gasteiger partial charge in [0.25, 0.3) is 0 Å². The average molecular weight is 409 g/mol. The van der Waals surface area contributed by atoms with Crippen LogP contribution in [0, 0.1) is 0 Å². The Morgan fingerprint density at radius 2 is 1.69 bits per heavy atom. The summed E-state index contributed by atoms with van der Waals surface area (Å²) in [4.78, 5) is 13.5. The van der Waals surface area contributed by atoms with Gasteiger partial charge < -0.3 is 14.2 Å². The number of anilines is 1. The summed E-state index contributed by atoms with van der Waals surface area (Å²) in [5, 5.41) is 0. The molecular weight excluding hydrogens is 382 g/mol. The van der Waals surface area contributed by atoms with Crippen LogP contribution in [0.5, 0.6) is 0 Å². The highest BCUT2D eigenvalue weighted by atomic mass is 19.4. The Kier molecular flexibility index (Phi) is 4.29. The summed E-state index contributed by atoms with van der Waals surface area (Å²) in [6.45, 7) is 10.1. The van der Waals surface area contributed by atoms with Crippen LogP contribution in [0.1, 0.15) is 65.0 Å². The van der Waals surface area contributed by atoms with E-state index in [0.717, 1.165) is 16.9 Å². The van der Waals surface area contributed by atoms with Crippen LogP contribution in [0.25, 0.3) is 0 Å². The summed E-state index contributed by atoms with van der Waals surface area (Å²) in [7, 11) is -0.331. The molecule has 1 unspecified atom stereocenters. The lowest BCUT2D eigenvalue weighted by molar-refractivity contribution is -0.134. The van der Waals surface area contributed by atoms with Crippen LogP contribution < -0.4 is 4.90 Å². The predicted octanol–water partition coefficient (Wildman–Crippen LogP) is 4.82. The molecule has 1 aromatic rings. The van der Waals surface area contributed by atoms with E-state index in [0.29, 0.717) is 11.3 Å². The van der Waals surface area contributed by atoms with Gasteiger partial charge in [0.2, 0.25) is 5.91 Å². The van der Waals surface area contributed by atoms with Crippen LogP contribution in [0.15, 0.2) is 18.2 Å². The second kappa shape index (κ2) is 6.00. The number of halogens is 3. The zero-order valence-corrected chi connectivity index (χ0v) is 17.7. The van der Waals surface area contributed by atoms with Crippen molar-refractivity contribution in [2.24, 2.45) is 0 Å². The van der Waals surface area contributed by atoms with Gasteiger partial charge in [-0.15, -0.1) is 0 Å². The van der Waals surface area contributed by atoms with Crippen molar-refractivity contribution in [3.63, 3.8) is 0 Å². The zero-order chi connectivity index (χ0) is 21.6. The van der Waals surface area contributed by atoms with Gasteiger partial charge in [0.05, 0.1) is 16.6 Å². The van der Waals surface area contributed by atoms with Crippen LogP contribution in [0.3, 0.4) is 0 Å². The highest BCUT2D eigenvalue weighted by molar-refractivity contribution is 6.49. The van der Waals surface area contributed by atoms with Gasteiger partial charge in [-0.1, -0.05) is 12.1 Å². The predicted molar refractivity (Wildman–Crippen MR) is 105 cm³/mol. The quantitative estimate of drug-likeness (QED) is 0.672. The molecule has 0 N–H and O–H groups in total. The van der Waals surface area contributed by atoms with E-state index in [2.05, 4.69) is 0 Å². The van der Waals surface area contributed by atoms with Crippen molar-refractivity contribution in [2.75, 3.05) is 11.4 Å². The minimum Gasteiger partial charge on any atom is -0.403 e. The molecule has 29 heavy (non-hydrogen) atoms. The first-order chi connectivity index (χ1) is 13.1. The van der Waals surface area contributed by atoms with E-state index < -0.39 is 35.2 Å². The highest BCUT2D eigenvalue weighted by Gasteiger charge is 2.60. The van der Waals surface area contributed by atoms with E-state index in [1.165, 1.54) is 0 Å². The SMILES string of the molecule is CC1(C)C(=O)N(CC(F)(F)F)c2cc([C@H]3CC3B3OC(C)(C)C(C)(C)O3)ccc21. The number of carbonyl (C=O) groups is 1. The average Bonchev–Trinajstić information content (AvgIpc) is 3.29. The Balaban J connectivity index is 1.59. The van der Waals surface area contributed by atoms with E-state index in [1.807, 2.05) is 33.8 Å². The number of carbonyl (C=O) groups excluding carboxylic acids is 1. The number of rotatable bonds is 3. The molecule has 2 heterocycles. The Labute approximate surface area is 169 Å². The van der Waals surface area contributed by atoms with Gasteiger partial charge in [0.15, 0.2) is 0 Å². The lowest BCUT2D eigenvalue weighted by Crippen LogP contribution is -2.41. The molecule has 2 aliphatic heterocycles. The van der Waals surface area contributed by atoms with Crippen molar-refractivity contribution in [3.8, 4) is 0 Å². The van der Waals surface area contributed by atoms with Crippen molar-refractivity contribution in [3.05, 3.63) is 29.3 Å². The van der Waals surface area contributed by atoms with Crippen molar-refractivity contribution >= 4 is 18.7 Å². The number of hydrogen-bond donors (Lipinski definition) is 0. The third-order valence-corrected chi connectivity index (χ3v) is 6.99. The molecule has 8 heteroatoms. The van der Waals surface area contributed by atoms with Crippen molar-refractivity contribution in [1.29, 1.82) is 0 Å². The van der Waals surface area contributed by atoms with Crippen LogP contribution in [0.2, 0.25) is 5.82 Å². The highest BCUT2D eigenvalue weighted by Crippen LogP contribution is 2.59. The number of fused-ring (bicyclic) bond motifs is 1.